The summed E-state index contributed by atoms with van der Waals surface area (Å²) in [5.41, 5.74) is 5.57. The molecule has 15 heavy (non-hydrogen) atoms. The lowest BCUT2D eigenvalue weighted by Crippen LogP contribution is -2.12. The molecule has 0 aliphatic carbocycles. The minimum atomic E-state index is 0.571. The Morgan fingerprint density at radius 1 is 1.33 bits per heavy atom. The van der Waals surface area contributed by atoms with Crippen LogP contribution in [-0.4, -0.2) is 18.9 Å². The van der Waals surface area contributed by atoms with Crippen LogP contribution >= 0.6 is 11.8 Å². The topological polar surface area (TPSA) is 35.2 Å². The van der Waals surface area contributed by atoms with Gasteiger partial charge in [-0.1, -0.05) is 6.92 Å². The maximum absolute atomic E-state index is 5.57. The van der Waals surface area contributed by atoms with E-state index in [0.29, 0.717) is 5.92 Å². The lowest BCUT2D eigenvalue weighted by atomic mass is 10.2. The molecular weight excluding hydrogens is 206 g/mol. The Hall–Kier alpha value is -0.670. The van der Waals surface area contributed by atoms with Crippen LogP contribution in [0.3, 0.4) is 0 Å². The van der Waals surface area contributed by atoms with Crippen LogP contribution in [0.1, 0.15) is 13.8 Å². The highest BCUT2D eigenvalue weighted by molar-refractivity contribution is 7.99. The second kappa shape index (κ2) is 6.75. The number of rotatable bonds is 6. The molecule has 0 amide bonds. The van der Waals surface area contributed by atoms with Crippen LogP contribution in [-0.2, 0) is 0 Å². The van der Waals surface area contributed by atoms with Gasteiger partial charge in [-0.05, 0) is 43.7 Å². The number of thioether (sulfide) groups is 1. The minimum Gasteiger partial charge on any atom is -0.494 e. The summed E-state index contributed by atoms with van der Waals surface area (Å²) >= 11 is 1.84. The normalized spacial score (nSPS) is 12.5. The zero-order valence-corrected chi connectivity index (χ0v) is 10.2. The maximum atomic E-state index is 5.57. The molecule has 0 aliphatic rings. The number of hydrogen-bond donors (Lipinski definition) is 1. The summed E-state index contributed by atoms with van der Waals surface area (Å²) in [6.07, 6.45) is 0. The highest BCUT2D eigenvalue weighted by Crippen LogP contribution is 2.23. The number of benzene rings is 1. The van der Waals surface area contributed by atoms with E-state index < -0.39 is 0 Å². The molecule has 0 bridgehead atoms. The van der Waals surface area contributed by atoms with E-state index >= 15 is 0 Å². The lowest BCUT2D eigenvalue weighted by molar-refractivity contribution is 0.340. The summed E-state index contributed by atoms with van der Waals surface area (Å²) in [5, 5.41) is 0. The Kier molecular flexibility index (Phi) is 5.58. The van der Waals surface area contributed by atoms with Crippen molar-refractivity contribution in [2.75, 3.05) is 18.9 Å². The third kappa shape index (κ3) is 4.58. The van der Waals surface area contributed by atoms with Gasteiger partial charge in [-0.2, -0.15) is 0 Å². The van der Waals surface area contributed by atoms with Gasteiger partial charge in [0.25, 0.3) is 0 Å². The molecule has 1 aromatic rings. The molecule has 0 aliphatic heterocycles. The second-order valence-corrected chi connectivity index (χ2v) is 4.65. The monoisotopic (exact) mass is 225 g/mol. The molecular formula is C12H19NOS. The minimum absolute atomic E-state index is 0.571. The molecule has 0 fully saturated rings. The van der Waals surface area contributed by atoms with E-state index in [4.69, 9.17) is 10.5 Å². The zero-order chi connectivity index (χ0) is 11.1. The Morgan fingerprint density at radius 2 is 2.00 bits per heavy atom. The van der Waals surface area contributed by atoms with Crippen molar-refractivity contribution in [3.63, 3.8) is 0 Å². The molecule has 0 heterocycles. The van der Waals surface area contributed by atoms with E-state index in [2.05, 4.69) is 19.1 Å². The van der Waals surface area contributed by atoms with Gasteiger partial charge in [-0.25, -0.2) is 0 Å². The van der Waals surface area contributed by atoms with E-state index in [9.17, 15) is 0 Å². The summed E-state index contributed by atoms with van der Waals surface area (Å²) in [5.74, 6) is 2.58. The number of hydrogen-bond acceptors (Lipinski definition) is 3. The predicted molar refractivity (Wildman–Crippen MR) is 66.6 cm³/mol. The maximum Gasteiger partial charge on any atom is 0.119 e. The van der Waals surface area contributed by atoms with Crippen molar-refractivity contribution in [2.45, 2.75) is 18.7 Å². The number of ether oxygens (including phenoxy) is 1. The summed E-state index contributed by atoms with van der Waals surface area (Å²) in [6, 6.07) is 8.22. The van der Waals surface area contributed by atoms with Crippen molar-refractivity contribution in [1.82, 2.24) is 0 Å². The Balaban J connectivity index is 2.42. The van der Waals surface area contributed by atoms with Gasteiger partial charge >= 0.3 is 0 Å². The van der Waals surface area contributed by atoms with Crippen molar-refractivity contribution in [1.29, 1.82) is 0 Å². The van der Waals surface area contributed by atoms with Crippen molar-refractivity contribution in [3.05, 3.63) is 24.3 Å². The van der Waals surface area contributed by atoms with Crippen LogP contribution in [0.25, 0.3) is 0 Å². The molecule has 3 heteroatoms. The molecule has 0 saturated heterocycles. The van der Waals surface area contributed by atoms with Crippen molar-refractivity contribution in [3.8, 4) is 5.75 Å². The fraction of sp³-hybridized carbons (Fsp3) is 0.500. The SMILES string of the molecule is CCOc1ccc(SCC(C)CN)cc1. The molecule has 1 rings (SSSR count). The first-order valence-electron chi connectivity index (χ1n) is 5.32. The van der Waals surface area contributed by atoms with Crippen LogP contribution in [0.4, 0.5) is 0 Å². The molecule has 2 nitrogen and oxygen atoms in total. The molecule has 2 N–H and O–H groups in total. The summed E-state index contributed by atoms with van der Waals surface area (Å²) in [6.45, 7) is 5.63. The largest absolute Gasteiger partial charge is 0.494 e. The smallest absolute Gasteiger partial charge is 0.119 e. The van der Waals surface area contributed by atoms with Gasteiger partial charge in [-0.3, -0.25) is 0 Å². The fourth-order valence-electron chi connectivity index (χ4n) is 1.11. The molecule has 0 aromatic heterocycles. The van der Waals surface area contributed by atoms with Gasteiger partial charge in [-0.15, -0.1) is 11.8 Å². The van der Waals surface area contributed by atoms with Crippen LogP contribution in [0.2, 0.25) is 0 Å². The molecule has 0 radical (unpaired) electrons. The van der Waals surface area contributed by atoms with Gasteiger partial charge < -0.3 is 10.5 Å². The van der Waals surface area contributed by atoms with E-state index in [0.717, 1.165) is 24.7 Å². The average Bonchev–Trinajstić information content (AvgIpc) is 2.28. The summed E-state index contributed by atoms with van der Waals surface area (Å²) in [4.78, 5) is 1.28. The van der Waals surface area contributed by atoms with E-state index in [1.54, 1.807) is 0 Å². The van der Waals surface area contributed by atoms with E-state index in [1.807, 2.05) is 30.8 Å². The average molecular weight is 225 g/mol. The summed E-state index contributed by atoms with van der Waals surface area (Å²) < 4.78 is 5.38. The van der Waals surface area contributed by atoms with Crippen molar-refractivity contribution in [2.24, 2.45) is 11.7 Å². The highest BCUT2D eigenvalue weighted by atomic mass is 32.2. The standard InChI is InChI=1S/C12H19NOS/c1-3-14-11-4-6-12(7-5-11)15-9-10(2)8-13/h4-7,10H,3,8-9,13H2,1-2H3. The first-order chi connectivity index (χ1) is 7.26. The van der Waals surface area contributed by atoms with Crippen molar-refractivity contribution < 1.29 is 4.74 Å². The van der Waals surface area contributed by atoms with Gasteiger partial charge in [0, 0.05) is 10.6 Å². The predicted octanol–water partition coefficient (Wildman–Crippen LogP) is 2.77. The molecule has 0 spiro atoms. The fourth-order valence-corrected chi connectivity index (χ4v) is 2.05. The Bertz CT molecular complexity index is 273. The second-order valence-electron chi connectivity index (χ2n) is 3.56. The summed E-state index contributed by atoms with van der Waals surface area (Å²) in [7, 11) is 0. The van der Waals surface area contributed by atoms with E-state index in [-0.39, 0.29) is 0 Å². The first-order valence-corrected chi connectivity index (χ1v) is 6.30. The Morgan fingerprint density at radius 3 is 2.53 bits per heavy atom. The van der Waals surface area contributed by atoms with Crippen LogP contribution < -0.4 is 10.5 Å². The third-order valence-electron chi connectivity index (χ3n) is 2.07. The molecule has 1 atom stereocenters. The van der Waals surface area contributed by atoms with Gasteiger partial charge in [0.15, 0.2) is 0 Å². The Labute approximate surface area is 96.2 Å². The number of nitrogens with two attached hydrogens (primary N) is 1. The van der Waals surface area contributed by atoms with Crippen LogP contribution in [0.5, 0.6) is 5.75 Å². The van der Waals surface area contributed by atoms with Gasteiger partial charge in [0.2, 0.25) is 0 Å². The van der Waals surface area contributed by atoms with Crippen LogP contribution in [0.15, 0.2) is 29.2 Å². The third-order valence-corrected chi connectivity index (χ3v) is 3.41. The highest BCUT2D eigenvalue weighted by Gasteiger charge is 2.00. The molecule has 1 aromatic carbocycles. The zero-order valence-electron chi connectivity index (χ0n) is 9.40. The molecule has 84 valence electrons. The molecule has 1 unspecified atom stereocenters. The van der Waals surface area contributed by atoms with Crippen molar-refractivity contribution >= 4 is 11.8 Å². The lowest BCUT2D eigenvalue weighted by Gasteiger charge is -2.08. The quantitative estimate of drug-likeness (QED) is 0.756. The van der Waals surface area contributed by atoms with Gasteiger partial charge in [0.05, 0.1) is 6.61 Å². The van der Waals surface area contributed by atoms with Gasteiger partial charge in [0.1, 0.15) is 5.75 Å². The first kappa shape index (κ1) is 12.4. The van der Waals surface area contributed by atoms with E-state index in [1.165, 1.54) is 4.90 Å². The molecule has 0 saturated carbocycles. The van der Waals surface area contributed by atoms with Crippen LogP contribution in [0, 0.1) is 5.92 Å².